The topological polar surface area (TPSA) is 49.5 Å². The quantitative estimate of drug-likeness (QED) is 0.695. The summed E-state index contributed by atoms with van der Waals surface area (Å²) in [6.07, 6.45) is 4.77. The number of rotatable bonds is 5. The summed E-state index contributed by atoms with van der Waals surface area (Å²) in [4.78, 5) is 2.51. The molecule has 1 aliphatic rings. The zero-order valence-corrected chi connectivity index (χ0v) is 9.50. The minimum atomic E-state index is -0.402. The first-order chi connectivity index (χ1) is 6.59. The molecule has 0 aliphatic carbocycles. The highest BCUT2D eigenvalue weighted by molar-refractivity contribution is 4.83. The maximum Gasteiger partial charge on any atom is 0.0608 e. The zero-order chi connectivity index (χ0) is 10.6. The summed E-state index contributed by atoms with van der Waals surface area (Å²) in [5.74, 6) is 0. The van der Waals surface area contributed by atoms with Gasteiger partial charge >= 0.3 is 0 Å². The van der Waals surface area contributed by atoms with Crippen LogP contribution < -0.4 is 5.73 Å². The van der Waals surface area contributed by atoms with Crippen LogP contribution in [0.2, 0.25) is 0 Å². The van der Waals surface area contributed by atoms with E-state index < -0.39 is 5.54 Å². The molecule has 14 heavy (non-hydrogen) atoms. The first kappa shape index (κ1) is 12.0. The van der Waals surface area contributed by atoms with Crippen molar-refractivity contribution in [2.24, 2.45) is 5.73 Å². The van der Waals surface area contributed by atoms with Crippen LogP contribution in [0.4, 0.5) is 0 Å². The summed E-state index contributed by atoms with van der Waals surface area (Å²) >= 11 is 0. The van der Waals surface area contributed by atoms with Crippen molar-refractivity contribution in [3.63, 3.8) is 0 Å². The van der Waals surface area contributed by atoms with Gasteiger partial charge in [0, 0.05) is 18.1 Å². The average molecular weight is 200 g/mol. The number of aliphatic hydroxyl groups excluding tert-OH is 1. The van der Waals surface area contributed by atoms with Crippen molar-refractivity contribution in [1.82, 2.24) is 4.90 Å². The van der Waals surface area contributed by atoms with E-state index >= 15 is 0 Å². The van der Waals surface area contributed by atoms with Crippen LogP contribution in [0.5, 0.6) is 0 Å². The maximum absolute atomic E-state index is 9.05. The van der Waals surface area contributed by atoms with Crippen molar-refractivity contribution in [2.45, 2.75) is 51.1 Å². The highest BCUT2D eigenvalue weighted by atomic mass is 16.3. The van der Waals surface area contributed by atoms with E-state index in [1.54, 1.807) is 0 Å². The van der Waals surface area contributed by atoms with Crippen molar-refractivity contribution in [2.75, 3.05) is 19.7 Å². The van der Waals surface area contributed by atoms with Crippen LogP contribution >= 0.6 is 0 Å². The van der Waals surface area contributed by atoms with Gasteiger partial charge in [-0.25, -0.2) is 0 Å². The van der Waals surface area contributed by atoms with Crippen molar-refractivity contribution < 1.29 is 5.11 Å². The van der Waals surface area contributed by atoms with Gasteiger partial charge in [0.2, 0.25) is 0 Å². The molecule has 2 atom stereocenters. The Bertz CT molecular complexity index is 171. The van der Waals surface area contributed by atoms with Crippen LogP contribution in [-0.2, 0) is 0 Å². The third-order valence-corrected chi connectivity index (χ3v) is 3.30. The van der Waals surface area contributed by atoms with E-state index in [0.29, 0.717) is 0 Å². The molecule has 1 rings (SSSR count). The lowest BCUT2D eigenvalue weighted by atomic mass is 10.00. The Morgan fingerprint density at radius 3 is 2.86 bits per heavy atom. The summed E-state index contributed by atoms with van der Waals surface area (Å²) in [6, 6.07) is 0.754. The van der Waals surface area contributed by atoms with E-state index in [1.807, 2.05) is 6.92 Å². The first-order valence-electron chi connectivity index (χ1n) is 5.73. The van der Waals surface area contributed by atoms with Gasteiger partial charge in [-0.2, -0.15) is 0 Å². The molecule has 3 N–H and O–H groups in total. The molecular formula is C11H24N2O. The molecule has 1 fully saturated rings. The summed E-state index contributed by atoms with van der Waals surface area (Å²) < 4.78 is 0. The molecule has 0 aromatic rings. The molecule has 1 aliphatic heterocycles. The lowest BCUT2D eigenvalue weighted by Crippen LogP contribution is -2.44. The van der Waals surface area contributed by atoms with Gasteiger partial charge in [0.1, 0.15) is 0 Å². The van der Waals surface area contributed by atoms with E-state index in [2.05, 4.69) is 11.8 Å². The lowest BCUT2D eigenvalue weighted by Gasteiger charge is -2.28. The molecule has 3 nitrogen and oxygen atoms in total. The normalized spacial score (nSPS) is 27.9. The van der Waals surface area contributed by atoms with E-state index in [0.717, 1.165) is 19.0 Å². The Morgan fingerprint density at radius 1 is 1.57 bits per heavy atom. The van der Waals surface area contributed by atoms with Crippen molar-refractivity contribution in [3.8, 4) is 0 Å². The molecular weight excluding hydrogens is 176 g/mol. The second kappa shape index (κ2) is 5.10. The fraction of sp³-hybridized carbons (Fsp3) is 1.00. The van der Waals surface area contributed by atoms with Gasteiger partial charge in [-0.3, -0.25) is 0 Å². The smallest absolute Gasteiger partial charge is 0.0608 e. The average Bonchev–Trinajstić information content (AvgIpc) is 2.62. The third-order valence-electron chi connectivity index (χ3n) is 3.30. The molecule has 1 heterocycles. The standard InChI is InChI=1S/C11H24N2O/c1-3-10-5-4-7-13(10)8-6-11(2,12)9-14/h10,14H,3-9,12H2,1-2H3. The Labute approximate surface area is 87.3 Å². The van der Waals surface area contributed by atoms with E-state index in [-0.39, 0.29) is 6.61 Å². The second-order valence-electron chi connectivity index (χ2n) is 4.80. The minimum absolute atomic E-state index is 0.0810. The van der Waals surface area contributed by atoms with Gasteiger partial charge in [0.15, 0.2) is 0 Å². The molecule has 0 spiro atoms. The molecule has 0 aromatic carbocycles. The number of aliphatic hydroxyl groups is 1. The van der Waals surface area contributed by atoms with Crippen LogP contribution in [0.1, 0.15) is 39.5 Å². The van der Waals surface area contributed by atoms with Crippen molar-refractivity contribution >= 4 is 0 Å². The highest BCUT2D eigenvalue weighted by Gasteiger charge is 2.25. The van der Waals surface area contributed by atoms with Crippen LogP contribution in [0.25, 0.3) is 0 Å². The molecule has 0 amide bonds. The molecule has 0 saturated carbocycles. The van der Waals surface area contributed by atoms with Crippen molar-refractivity contribution in [3.05, 3.63) is 0 Å². The van der Waals surface area contributed by atoms with Gasteiger partial charge in [-0.1, -0.05) is 6.92 Å². The van der Waals surface area contributed by atoms with Crippen LogP contribution in [0.15, 0.2) is 0 Å². The summed E-state index contributed by atoms with van der Waals surface area (Å²) in [6.45, 7) is 6.49. The molecule has 1 saturated heterocycles. The van der Waals surface area contributed by atoms with Gasteiger partial charge < -0.3 is 15.7 Å². The predicted octanol–water partition coefficient (Wildman–Crippen LogP) is 0.961. The number of hydrogen-bond donors (Lipinski definition) is 2. The predicted molar refractivity (Wildman–Crippen MR) is 59.2 cm³/mol. The Hall–Kier alpha value is -0.120. The molecule has 84 valence electrons. The Kier molecular flexibility index (Phi) is 4.35. The second-order valence-corrected chi connectivity index (χ2v) is 4.80. The summed E-state index contributed by atoms with van der Waals surface area (Å²) in [5, 5.41) is 9.05. The van der Waals surface area contributed by atoms with Crippen LogP contribution in [0, 0.1) is 0 Å². The Balaban J connectivity index is 2.30. The number of nitrogens with zero attached hydrogens (tertiary/aromatic N) is 1. The molecule has 0 aromatic heterocycles. The Morgan fingerprint density at radius 2 is 2.29 bits per heavy atom. The van der Waals surface area contributed by atoms with E-state index in [4.69, 9.17) is 10.8 Å². The van der Waals surface area contributed by atoms with Gasteiger partial charge in [0.25, 0.3) is 0 Å². The third kappa shape index (κ3) is 3.23. The SMILES string of the molecule is CCC1CCCN1CCC(C)(N)CO. The van der Waals surface area contributed by atoms with Gasteiger partial charge in [-0.15, -0.1) is 0 Å². The van der Waals surface area contributed by atoms with E-state index in [1.165, 1.54) is 25.8 Å². The van der Waals surface area contributed by atoms with E-state index in [9.17, 15) is 0 Å². The fourth-order valence-electron chi connectivity index (χ4n) is 2.13. The lowest BCUT2D eigenvalue weighted by molar-refractivity contribution is 0.168. The van der Waals surface area contributed by atoms with Crippen LogP contribution in [-0.4, -0.2) is 41.3 Å². The number of likely N-dealkylation sites (tertiary alicyclic amines) is 1. The highest BCUT2D eigenvalue weighted by Crippen LogP contribution is 2.20. The number of nitrogens with two attached hydrogens (primary N) is 1. The first-order valence-corrected chi connectivity index (χ1v) is 5.73. The van der Waals surface area contributed by atoms with Gasteiger partial charge in [0.05, 0.1) is 6.61 Å². The maximum atomic E-state index is 9.05. The largest absolute Gasteiger partial charge is 0.394 e. The summed E-state index contributed by atoms with van der Waals surface area (Å²) in [7, 11) is 0. The summed E-state index contributed by atoms with van der Waals surface area (Å²) in [5.41, 5.74) is 5.50. The monoisotopic (exact) mass is 200 g/mol. The van der Waals surface area contributed by atoms with Crippen molar-refractivity contribution in [1.29, 1.82) is 0 Å². The van der Waals surface area contributed by atoms with Crippen LogP contribution in [0.3, 0.4) is 0 Å². The molecule has 0 bridgehead atoms. The minimum Gasteiger partial charge on any atom is -0.394 e. The molecule has 2 unspecified atom stereocenters. The van der Waals surface area contributed by atoms with Gasteiger partial charge in [-0.05, 0) is 39.2 Å². The fourth-order valence-corrected chi connectivity index (χ4v) is 2.13. The molecule has 0 radical (unpaired) electrons. The zero-order valence-electron chi connectivity index (χ0n) is 9.50. The number of hydrogen-bond acceptors (Lipinski definition) is 3. The molecule has 3 heteroatoms.